The summed E-state index contributed by atoms with van der Waals surface area (Å²) in [6.07, 6.45) is 0.869. The second-order valence-corrected chi connectivity index (χ2v) is 7.68. The molecule has 0 radical (unpaired) electrons. The van der Waals surface area contributed by atoms with Crippen molar-refractivity contribution in [1.29, 1.82) is 0 Å². The largest absolute Gasteiger partial charge is 0.340 e. The van der Waals surface area contributed by atoms with Crippen LogP contribution in [-0.4, -0.2) is 9.97 Å². The van der Waals surface area contributed by atoms with E-state index in [4.69, 9.17) is 16.6 Å². The topological polar surface area (TPSA) is 37.8 Å². The molecule has 1 N–H and O–H groups in total. The van der Waals surface area contributed by atoms with E-state index in [-0.39, 0.29) is 0 Å². The molecule has 0 atom stereocenters. The van der Waals surface area contributed by atoms with E-state index in [1.807, 2.05) is 43.3 Å². The molecule has 2 aromatic heterocycles. The maximum Gasteiger partial charge on any atom is 0.171 e. The molecule has 3 rings (SSSR count). The van der Waals surface area contributed by atoms with Gasteiger partial charge >= 0.3 is 0 Å². The number of nitrogens with zero attached hydrogens (tertiary/aromatic N) is 2. The molecule has 23 heavy (non-hydrogen) atoms. The lowest BCUT2D eigenvalue weighted by Crippen LogP contribution is -2.04. The smallest absolute Gasteiger partial charge is 0.171 e. The van der Waals surface area contributed by atoms with Crippen LogP contribution >= 0.6 is 38.9 Å². The van der Waals surface area contributed by atoms with Crippen molar-refractivity contribution >= 4 is 50.4 Å². The first kappa shape index (κ1) is 16.4. The van der Waals surface area contributed by atoms with Crippen molar-refractivity contribution < 1.29 is 0 Å². The molecule has 0 spiro atoms. The minimum Gasteiger partial charge on any atom is -0.340 e. The number of hydrogen-bond acceptors (Lipinski definition) is 4. The van der Waals surface area contributed by atoms with E-state index in [1.165, 1.54) is 11.3 Å². The Labute approximate surface area is 152 Å². The highest BCUT2D eigenvalue weighted by Gasteiger charge is 2.13. The van der Waals surface area contributed by atoms with Crippen molar-refractivity contribution in [3.8, 4) is 10.7 Å². The van der Waals surface area contributed by atoms with Crippen molar-refractivity contribution in [2.24, 2.45) is 0 Å². The SMILES string of the molecule is CCc1c(C)nc(-c2ccc(Cl)s2)nc1Nc1cccc(Br)c1. The zero-order chi connectivity index (χ0) is 16.4. The van der Waals surface area contributed by atoms with Gasteiger partial charge in [-0.25, -0.2) is 9.97 Å². The third-order valence-electron chi connectivity index (χ3n) is 3.45. The maximum absolute atomic E-state index is 6.04. The summed E-state index contributed by atoms with van der Waals surface area (Å²) >= 11 is 11.0. The van der Waals surface area contributed by atoms with Crippen molar-refractivity contribution in [1.82, 2.24) is 9.97 Å². The summed E-state index contributed by atoms with van der Waals surface area (Å²) in [5.41, 5.74) is 3.10. The van der Waals surface area contributed by atoms with Crippen molar-refractivity contribution in [2.75, 3.05) is 5.32 Å². The lowest BCUT2D eigenvalue weighted by Gasteiger charge is -2.13. The fourth-order valence-corrected chi connectivity index (χ4v) is 3.75. The molecular formula is C17H15BrClN3S. The quantitative estimate of drug-likeness (QED) is 0.555. The van der Waals surface area contributed by atoms with Crippen LogP contribution in [0.15, 0.2) is 40.9 Å². The number of benzene rings is 1. The first-order valence-corrected chi connectivity index (χ1v) is 9.21. The molecule has 118 valence electrons. The van der Waals surface area contributed by atoms with Crippen LogP contribution < -0.4 is 5.32 Å². The fraction of sp³-hybridized carbons (Fsp3) is 0.176. The van der Waals surface area contributed by atoms with Gasteiger partial charge in [-0.2, -0.15) is 0 Å². The lowest BCUT2D eigenvalue weighted by atomic mass is 10.1. The van der Waals surface area contributed by atoms with E-state index in [2.05, 4.69) is 33.2 Å². The highest BCUT2D eigenvalue weighted by atomic mass is 79.9. The van der Waals surface area contributed by atoms with Crippen LogP contribution in [0.2, 0.25) is 4.34 Å². The molecule has 6 heteroatoms. The minimum absolute atomic E-state index is 0.703. The lowest BCUT2D eigenvalue weighted by molar-refractivity contribution is 1.01. The molecule has 0 aliphatic heterocycles. The second-order valence-electron chi connectivity index (χ2n) is 5.05. The van der Waals surface area contributed by atoms with E-state index in [1.54, 1.807) is 0 Å². The van der Waals surface area contributed by atoms with Crippen molar-refractivity contribution in [3.05, 3.63) is 56.5 Å². The van der Waals surface area contributed by atoms with Crippen LogP contribution in [0, 0.1) is 6.92 Å². The highest BCUT2D eigenvalue weighted by molar-refractivity contribution is 9.10. The Morgan fingerprint density at radius 2 is 2.04 bits per heavy atom. The molecule has 3 nitrogen and oxygen atoms in total. The van der Waals surface area contributed by atoms with Gasteiger partial charge in [-0.1, -0.05) is 40.5 Å². The van der Waals surface area contributed by atoms with Gasteiger partial charge in [0.25, 0.3) is 0 Å². The summed E-state index contributed by atoms with van der Waals surface area (Å²) in [7, 11) is 0. The average Bonchev–Trinajstić information content (AvgIpc) is 2.93. The molecule has 0 bridgehead atoms. The predicted octanol–water partition coefficient (Wildman–Crippen LogP) is 6.24. The Hall–Kier alpha value is -1.43. The molecule has 2 heterocycles. The Balaban J connectivity index is 2.05. The third-order valence-corrected chi connectivity index (χ3v) is 5.17. The number of aryl methyl sites for hydroxylation is 1. The second kappa shape index (κ2) is 6.99. The van der Waals surface area contributed by atoms with Gasteiger partial charge in [-0.3, -0.25) is 0 Å². The average molecular weight is 409 g/mol. The molecular weight excluding hydrogens is 394 g/mol. The maximum atomic E-state index is 6.04. The van der Waals surface area contributed by atoms with Crippen LogP contribution in [0.1, 0.15) is 18.2 Å². The Kier molecular flexibility index (Phi) is 4.99. The van der Waals surface area contributed by atoms with Crippen LogP contribution in [0.4, 0.5) is 11.5 Å². The van der Waals surface area contributed by atoms with Gasteiger partial charge in [-0.15, -0.1) is 11.3 Å². The summed E-state index contributed by atoms with van der Waals surface area (Å²) in [6.45, 7) is 4.13. The summed E-state index contributed by atoms with van der Waals surface area (Å²) in [5.74, 6) is 1.55. The van der Waals surface area contributed by atoms with E-state index in [0.717, 1.165) is 42.9 Å². The first-order chi connectivity index (χ1) is 11.1. The summed E-state index contributed by atoms with van der Waals surface area (Å²) in [4.78, 5) is 10.3. The summed E-state index contributed by atoms with van der Waals surface area (Å²) in [5, 5.41) is 3.41. The molecule has 3 aromatic rings. The van der Waals surface area contributed by atoms with Crippen LogP contribution in [0.5, 0.6) is 0 Å². The van der Waals surface area contributed by atoms with E-state index in [9.17, 15) is 0 Å². The monoisotopic (exact) mass is 407 g/mol. The molecule has 0 aliphatic carbocycles. The number of aromatic nitrogens is 2. The number of rotatable bonds is 4. The zero-order valence-electron chi connectivity index (χ0n) is 12.7. The van der Waals surface area contributed by atoms with Crippen molar-refractivity contribution in [2.45, 2.75) is 20.3 Å². The van der Waals surface area contributed by atoms with Crippen LogP contribution in [0.3, 0.4) is 0 Å². The van der Waals surface area contributed by atoms with Gasteiger partial charge in [0, 0.05) is 21.4 Å². The molecule has 1 aromatic carbocycles. The van der Waals surface area contributed by atoms with Gasteiger partial charge in [0.15, 0.2) is 5.82 Å². The van der Waals surface area contributed by atoms with Gasteiger partial charge in [0.1, 0.15) is 5.82 Å². The first-order valence-electron chi connectivity index (χ1n) is 7.22. The van der Waals surface area contributed by atoms with Gasteiger partial charge in [0.2, 0.25) is 0 Å². The Morgan fingerprint density at radius 3 is 2.70 bits per heavy atom. The molecule has 0 fully saturated rings. The zero-order valence-corrected chi connectivity index (χ0v) is 15.9. The summed E-state index contributed by atoms with van der Waals surface area (Å²) < 4.78 is 1.76. The fourth-order valence-electron chi connectivity index (χ4n) is 2.37. The molecule has 0 amide bonds. The number of halogens is 2. The van der Waals surface area contributed by atoms with Gasteiger partial charge < -0.3 is 5.32 Å². The van der Waals surface area contributed by atoms with Gasteiger partial charge in [0.05, 0.1) is 9.21 Å². The minimum atomic E-state index is 0.703. The molecule has 0 saturated carbocycles. The number of hydrogen-bond donors (Lipinski definition) is 1. The van der Waals surface area contributed by atoms with Crippen LogP contribution in [0.25, 0.3) is 10.7 Å². The Morgan fingerprint density at radius 1 is 1.22 bits per heavy atom. The standard InChI is InChI=1S/C17H15BrClN3S/c1-3-13-10(2)20-17(14-7-8-15(19)23-14)22-16(13)21-12-6-4-5-11(18)9-12/h4-9H,3H2,1-2H3,(H,20,21,22). The predicted molar refractivity (Wildman–Crippen MR) is 102 cm³/mol. The number of anilines is 2. The normalized spacial score (nSPS) is 10.8. The number of nitrogens with one attached hydrogen (secondary N) is 1. The van der Waals surface area contributed by atoms with Crippen LogP contribution in [-0.2, 0) is 6.42 Å². The molecule has 0 saturated heterocycles. The van der Waals surface area contributed by atoms with E-state index < -0.39 is 0 Å². The molecule has 0 aliphatic rings. The summed E-state index contributed by atoms with van der Waals surface area (Å²) in [6, 6.07) is 11.9. The number of thiophene rings is 1. The van der Waals surface area contributed by atoms with E-state index in [0.29, 0.717) is 5.82 Å². The Bertz CT molecular complexity index is 848. The van der Waals surface area contributed by atoms with E-state index >= 15 is 0 Å². The molecule has 0 unspecified atom stereocenters. The highest BCUT2D eigenvalue weighted by Crippen LogP contribution is 2.31. The third kappa shape index (κ3) is 3.74. The van der Waals surface area contributed by atoms with Gasteiger partial charge in [-0.05, 0) is 43.7 Å². The van der Waals surface area contributed by atoms with Crippen molar-refractivity contribution in [3.63, 3.8) is 0 Å².